The molecule has 0 spiro atoms. The van der Waals surface area contributed by atoms with Gasteiger partial charge in [-0.2, -0.15) is 0 Å². The minimum atomic E-state index is -3.91. The number of benzene rings is 3. The van der Waals surface area contributed by atoms with Gasteiger partial charge in [0.1, 0.15) is 0 Å². The molecule has 0 saturated carbocycles. The molecule has 10 nitrogen and oxygen atoms in total. The molecule has 3 rings (SSSR count). The van der Waals surface area contributed by atoms with Crippen molar-refractivity contribution in [3.8, 4) is 11.5 Å². The molecule has 3 aromatic rings. The zero-order valence-corrected chi connectivity index (χ0v) is 18.8. The Morgan fingerprint density at radius 2 is 1.64 bits per heavy atom. The molecular weight excluding hydrogens is 450 g/mol. The zero-order chi connectivity index (χ0) is 24.2. The van der Waals surface area contributed by atoms with Crippen LogP contribution < -0.4 is 19.1 Å². The molecule has 33 heavy (non-hydrogen) atoms. The molecule has 0 radical (unpaired) electrons. The van der Waals surface area contributed by atoms with E-state index in [2.05, 4.69) is 5.32 Å². The molecule has 11 heteroatoms. The molecule has 0 aliphatic heterocycles. The standard InChI is InChI=1S/C22H21N3O7S/c1-24(33(29,30)19-11-12-20(31-2)21(14-19)32-3)17-9-7-15(8-10-17)22(26)23-16-5-4-6-18(13-16)25(27)28/h4-14H,1-3H3,(H,23,26). The van der Waals surface area contributed by atoms with Gasteiger partial charge in [-0.3, -0.25) is 19.2 Å². The molecule has 0 unspecified atom stereocenters. The number of hydrogen-bond acceptors (Lipinski definition) is 7. The molecule has 172 valence electrons. The summed E-state index contributed by atoms with van der Waals surface area (Å²) in [4.78, 5) is 22.8. The number of carbonyl (C=O) groups excluding carboxylic acids is 1. The quantitative estimate of drug-likeness (QED) is 0.392. The maximum atomic E-state index is 13.0. The maximum Gasteiger partial charge on any atom is 0.271 e. The van der Waals surface area contributed by atoms with Crippen LogP contribution in [0.3, 0.4) is 0 Å². The monoisotopic (exact) mass is 471 g/mol. The number of hydrogen-bond donors (Lipinski definition) is 1. The van der Waals surface area contributed by atoms with Gasteiger partial charge >= 0.3 is 0 Å². The van der Waals surface area contributed by atoms with Gasteiger partial charge in [0.2, 0.25) is 0 Å². The molecule has 0 bridgehead atoms. The van der Waals surface area contributed by atoms with Gasteiger partial charge in [-0.15, -0.1) is 0 Å². The van der Waals surface area contributed by atoms with E-state index in [0.717, 1.165) is 4.31 Å². The SMILES string of the molecule is COc1ccc(S(=O)(=O)N(C)c2ccc(C(=O)Nc3cccc([N+](=O)[O-])c3)cc2)cc1OC. The highest BCUT2D eigenvalue weighted by atomic mass is 32.2. The van der Waals surface area contributed by atoms with E-state index in [1.54, 1.807) is 0 Å². The van der Waals surface area contributed by atoms with Gasteiger partial charge in [-0.05, 0) is 42.5 Å². The molecule has 0 fully saturated rings. The number of amides is 1. The average molecular weight is 471 g/mol. The highest BCUT2D eigenvalue weighted by Gasteiger charge is 2.23. The van der Waals surface area contributed by atoms with Gasteiger partial charge in [0.05, 0.1) is 29.7 Å². The summed E-state index contributed by atoms with van der Waals surface area (Å²) in [6.45, 7) is 0. The van der Waals surface area contributed by atoms with Crippen molar-refractivity contribution in [3.05, 3.63) is 82.4 Å². The number of nitro benzene ring substituents is 1. The number of sulfonamides is 1. The number of nitrogens with one attached hydrogen (secondary N) is 1. The lowest BCUT2D eigenvalue weighted by molar-refractivity contribution is -0.384. The fraction of sp³-hybridized carbons (Fsp3) is 0.136. The van der Waals surface area contributed by atoms with Crippen LogP contribution in [0.5, 0.6) is 11.5 Å². The number of rotatable bonds is 8. The van der Waals surface area contributed by atoms with Crippen LogP contribution in [0.1, 0.15) is 10.4 Å². The van der Waals surface area contributed by atoms with E-state index in [1.165, 1.54) is 88.0 Å². The third-order valence-electron chi connectivity index (χ3n) is 4.82. The fourth-order valence-corrected chi connectivity index (χ4v) is 4.21. The Morgan fingerprint density at radius 3 is 2.24 bits per heavy atom. The van der Waals surface area contributed by atoms with Crippen LogP contribution in [-0.4, -0.2) is 40.5 Å². The van der Waals surface area contributed by atoms with Crippen LogP contribution in [0.4, 0.5) is 17.1 Å². The molecule has 0 aromatic heterocycles. The normalized spacial score (nSPS) is 10.9. The van der Waals surface area contributed by atoms with E-state index in [9.17, 15) is 23.3 Å². The van der Waals surface area contributed by atoms with Crippen molar-refractivity contribution >= 4 is 33.0 Å². The summed E-state index contributed by atoms with van der Waals surface area (Å²) < 4.78 is 37.5. The first-order valence-electron chi connectivity index (χ1n) is 9.54. The molecular formula is C22H21N3O7S. The second kappa shape index (κ2) is 9.57. The highest BCUT2D eigenvalue weighted by molar-refractivity contribution is 7.92. The van der Waals surface area contributed by atoms with E-state index in [1.807, 2.05) is 0 Å². The van der Waals surface area contributed by atoms with Crippen LogP contribution in [0.15, 0.2) is 71.6 Å². The predicted molar refractivity (Wildman–Crippen MR) is 123 cm³/mol. The Hall–Kier alpha value is -4.12. The van der Waals surface area contributed by atoms with Gasteiger partial charge < -0.3 is 14.8 Å². The van der Waals surface area contributed by atoms with E-state index < -0.39 is 20.9 Å². The lowest BCUT2D eigenvalue weighted by atomic mass is 10.2. The van der Waals surface area contributed by atoms with Gasteiger partial charge in [0.25, 0.3) is 21.6 Å². The molecule has 0 atom stereocenters. The number of nitrogens with zero attached hydrogens (tertiary/aromatic N) is 2. The molecule has 1 N–H and O–H groups in total. The minimum absolute atomic E-state index is 0.00939. The number of nitro groups is 1. The summed E-state index contributed by atoms with van der Waals surface area (Å²) >= 11 is 0. The van der Waals surface area contributed by atoms with Crippen molar-refractivity contribution < 1.29 is 27.6 Å². The number of non-ortho nitro benzene ring substituents is 1. The van der Waals surface area contributed by atoms with Gasteiger partial charge in [-0.25, -0.2) is 8.42 Å². The smallest absolute Gasteiger partial charge is 0.271 e. The Balaban J connectivity index is 1.79. The van der Waals surface area contributed by atoms with E-state index in [4.69, 9.17) is 9.47 Å². The zero-order valence-electron chi connectivity index (χ0n) is 18.0. The van der Waals surface area contributed by atoms with E-state index in [0.29, 0.717) is 11.4 Å². The third kappa shape index (κ3) is 5.04. The molecule has 0 aliphatic carbocycles. The minimum Gasteiger partial charge on any atom is -0.493 e. The Morgan fingerprint density at radius 1 is 0.970 bits per heavy atom. The van der Waals surface area contributed by atoms with Crippen LogP contribution in [0.2, 0.25) is 0 Å². The van der Waals surface area contributed by atoms with E-state index in [-0.39, 0.29) is 27.6 Å². The van der Waals surface area contributed by atoms with Crippen molar-refractivity contribution in [3.63, 3.8) is 0 Å². The summed E-state index contributed by atoms with van der Waals surface area (Å²) in [7, 11) is 0.348. The molecule has 0 heterocycles. The van der Waals surface area contributed by atoms with Crippen LogP contribution >= 0.6 is 0 Å². The second-order valence-corrected chi connectivity index (χ2v) is 8.77. The third-order valence-corrected chi connectivity index (χ3v) is 6.60. The van der Waals surface area contributed by atoms with Crippen molar-refractivity contribution in [1.29, 1.82) is 0 Å². The summed E-state index contributed by atoms with van der Waals surface area (Å²) in [6.07, 6.45) is 0. The van der Waals surface area contributed by atoms with Crippen molar-refractivity contribution in [2.75, 3.05) is 30.9 Å². The Kier molecular flexibility index (Phi) is 6.83. The molecule has 3 aromatic carbocycles. The topological polar surface area (TPSA) is 128 Å². The Labute approximate surface area is 190 Å². The predicted octanol–water partition coefficient (Wildman–Crippen LogP) is 3.69. The lowest BCUT2D eigenvalue weighted by Gasteiger charge is -2.20. The second-order valence-electron chi connectivity index (χ2n) is 6.80. The number of methoxy groups -OCH3 is 2. The summed E-state index contributed by atoms with van der Waals surface area (Å²) in [5.74, 6) is 0.186. The van der Waals surface area contributed by atoms with Crippen molar-refractivity contribution in [2.24, 2.45) is 0 Å². The largest absolute Gasteiger partial charge is 0.493 e. The summed E-state index contributed by atoms with van der Waals surface area (Å²) in [6, 6.07) is 15.7. The van der Waals surface area contributed by atoms with Crippen molar-refractivity contribution in [2.45, 2.75) is 4.90 Å². The van der Waals surface area contributed by atoms with Crippen molar-refractivity contribution in [1.82, 2.24) is 0 Å². The van der Waals surface area contributed by atoms with Gasteiger partial charge in [0.15, 0.2) is 11.5 Å². The molecule has 0 saturated heterocycles. The van der Waals surface area contributed by atoms with Gasteiger partial charge in [0, 0.05) is 36.5 Å². The first kappa shape index (κ1) is 23.5. The Bertz CT molecular complexity index is 1290. The summed E-state index contributed by atoms with van der Waals surface area (Å²) in [5.41, 5.74) is 0.704. The first-order chi connectivity index (χ1) is 15.7. The van der Waals surface area contributed by atoms with Crippen LogP contribution in [0.25, 0.3) is 0 Å². The number of ether oxygens (including phenoxy) is 2. The van der Waals surface area contributed by atoms with Crippen LogP contribution in [-0.2, 0) is 10.0 Å². The fourth-order valence-electron chi connectivity index (χ4n) is 3.00. The van der Waals surface area contributed by atoms with Gasteiger partial charge in [-0.1, -0.05) is 6.07 Å². The van der Waals surface area contributed by atoms with Crippen LogP contribution in [0, 0.1) is 10.1 Å². The number of carbonyl (C=O) groups is 1. The highest BCUT2D eigenvalue weighted by Crippen LogP contribution is 2.31. The molecule has 1 amide bonds. The number of anilines is 2. The lowest BCUT2D eigenvalue weighted by Crippen LogP contribution is -2.26. The van der Waals surface area contributed by atoms with E-state index >= 15 is 0 Å². The first-order valence-corrected chi connectivity index (χ1v) is 11.0. The maximum absolute atomic E-state index is 13.0. The average Bonchev–Trinajstić information content (AvgIpc) is 2.83. The molecule has 0 aliphatic rings. The summed E-state index contributed by atoms with van der Waals surface area (Å²) in [5, 5.41) is 13.5.